The van der Waals surface area contributed by atoms with Gasteiger partial charge in [-0.3, -0.25) is 0 Å². The number of rotatable bonds is 38. The number of benzene rings is 4. The van der Waals surface area contributed by atoms with Gasteiger partial charge in [0.15, 0.2) is 0 Å². The third-order valence-corrected chi connectivity index (χ3v) is 14.0. The van der Waals surface area contributed by atoms with E-state index in [1.165, 1.54) is 138 Å². The summed E-state index contributed by atoms with van der Waals surface area (Å²) in [6.07, 6.45) is 26.6. The van der Waals surface area contributed by atoms with Crippen molar-refractivity contribution in [1.82, 2.24) is 0 Å². The predicted octanol–water partition coefficient (Wildman–Crippen LogP) is 15.3. The van der Waals surface area contributed by atoms with Crippen molar-refractivity contribution < 1.29 is 34.3 Å². The van der Waals surface area contributed by atoms with Crippen LogP contribution in [0.3, 0.4) is 0 Å². The summed E-state index contributed by atoms with van der Waals surface area (Å²) in [7, 11) is 0. The second-order valence-electron chi connectivity index (χ2n) is 20.2. The maximum atomic E-state index is 11.0. The molecule has 0 aliphatic carbocycles. The van der Waals surface area contributed by atoms with E-state index in [2.05, 4.69) is 76.2 Å². The largest absolute Gasteiger partial charge is 0.491 e. The summed E-state index contributed by atoms with van der Waals surface area (Å²) in [5.41, 5.74) is 4.52. The summed E-state index contributed by atoms with van der Waals surface area (Å²) in [5.74, 6) is 2.95. The Kier molecular flexibility index (Phi) is 26.6. The van der Waals surface area contributed by atoms with Crippen LogP contribution in [0.2, 0.25) is 0 Å². The van der Waals surface area contributed by atoms with Crippen LogP contribution < -0.4 is 18.9 Å². The van der Waals surface area contributed by atoms with Crippen LogP contribution >= 0.6 is 0 Å². The number of aliphatic hydroxyl groups is 3. The van der Waals surface area contributed by atoms with Crippen molar-refractivity contribution in [3.05, 3.63) is 119 Å². The summed E-state index contributed by atoms with van der Waals surface area (Å²) in [5, 5.41) is 30.2. The van der Waals surface area contributed by atoms with Crippen LogP contribution in [0.1, 0.15) is 205 Å². The lowest BCUT2D eigenvalue weighted by atomic mass is 9.72. The average Bonchev–Trinajstić information content (AvgIpc) is 3.36. The number of hydrogen-bond donors (Lipinski definition) is 3. The van der Waals surface area contributed by atoms with Crippen LogP contribution in [0.5, 0.6) is 23.0 Å². The average molecular weight is 937 g/mol. The number of hydrogen-bond acceptors (Lipinski definition) is 7. The van der Waals surface area contributed by atoms with Crippen molar-refractivity contribution in [1.29, 1.82) is 0 Å². The molecule has 0 amide bonds. The summed E-state index contributed by atoms with van der Waals surface area (Å²) in [6.45, 7) is 13.3. The highest BCUT2D eigenvalue weighted by atomic mass is 16.5. The van der Waals surface area contributed by atoms with E-state index in [0.29, 0.717) is 11.5 Å². The van der Waals surface area contributed by atoms with Crippen LogP contribution in [0.25, 0.3) is 0 Å². The molecule has 4 aromatic rings. The van der Waals surface area contributed by atoms with Gasteiger partial charge < -0.3 is 34.3 Å². The molecule has 0 fully saturated rings. The summed E-state index contributed by atoms with van der Waals surface area (Å²) in [4.78, 5) is 0. The molecule has 0 aromatic heterocycles. The summed E-state index contributed by atoms with van der Waals surface area (Å²) < 4.78 is 23.9. The van der Waals surface area contributed by atoms with Crippen LogP contribution in [-0.2, 0) is 10.8 Å². The molecular formula is C61H92O7. The fourth-order valence-corrected chi connectivity index (χ4v) is 9.42. The zero-order valence-electron chi connectivity index (χ0n) is 43.3. The topological polar surface area (TPSA) is 97.6 Å². The normalized spacial score (nSPS) is 14.7. The molecule has 0 spiro atoms. The van der Waals surface area contributed by atoms with Crippen molar-refractivity contribution in [2.24, 2.45) is 0 Å². The smallest absolute Gasteiger partial charge is 0.122 e. The van der Waals surface area contributed by atoms with Gasteiger partial charge in [-0.25, -0.2) is 0 Å². The van der Waals surface area contributed by atoms with Gasteiger partial charge in [0.2, 0.25) is 0 Å². The minimum absolute atomic E-state index is 0.0223. The first-order valence-electron chi connectivity index (χ1n) is 26.9. The Morgan fingerprint density at radius 1 is 0.397 bits per heavy atom. The van der Waals surface area contributed by atoms with Crippen molar-refractivity contribution in [3.8, 4) is 23.0 Å². The molecule has 5 unspecified atom stereocenters. The molecular weight excluding hydrogens is 845 g/mol. The van der Waals surface area contributed by atoms with Crippen molar-refractivity contribution in [2.45, 2.75) is 212 Å². The van der Waals surface area contributed by atoms with Gasteiger partial charge in [0.05, 0.1) is 12.7 Å². The van der Waals surface area contributed by atoms with E-state index in [0.717, 1.165) is 37.2 Å². The van der Waals surface area contributed by atoms with Crippen LogP contribution in [0.15, 0.2) is 97.1 Å². The predicted molar refractivity (Wildman–Crippen MR) is 283 cm³/mol. The lowest BCUT2D eigenvalue weighted by Gasteiger charge is -2.32. The Morgan fingerprint density at radius 3 is 0.971 bits per heavy atom. The minimum Gasteiger partial charge on any atom is -0.491 e. The molecule has 5 atom stereocenters. The van der Waals surface area contributed by atoms with E-state index in [1.807, 2.05) is 55.5 Å². The van der Waals surface area contributed by atoms with Gasteiger partial charge >= 0.3 is 0 Å². The molecule has 68 heavy (non-hydrogen) atoms. The lowest BCUT2D eigenvalue weighted by molar-refractivity contribution is 0.0626. The van der Waals surface area contributed by atoms with E-state index in [-0.39, 0.29) is 43.4 Å². The van der Waals surface area contributed by atoms with E-state index >= 15 is 0 Å². The van der Waals surface area contributed by atoms with Crippen molar-refractivity contribution in [2.75, 3.05) is 26.4 Å². The first kappa shape index (κ1) is 56.5. The monoisotopic (exact) mass is 937 g/mol. The van der Waals surface area contributed by atoms with Crippen LogP contribution in [0, 0.1) is 0 Å². The highest BCUT2D eigenvalue weighted by Gasteiger charge is 2.30. The SMILES string of the molecule is CCCCCCCCCCCCC(C)(c1ccc(OCC(C)O)cc1)c1ccc(OCC(O)COc2ccc(C(C)(CCCCCCCCCCCC)c3ccc(OC(C)CO)cc3)cc2)cc1. The second-order valence-corrected chi connectivity index (χ2v) is 20.2. The molecule has 0 saturated carbocycles. The quantitative estimate of drug-likeness (QED) is 0.0385. The molecule has 0 radical (unpaired) electrons. The molecule has 4 aromatic carbocycles. The number of ether oxygens (including phenoxy) is 4. The van der Waals surface area contributed by atoms with Gasteiger partial charge in [-0.05, 0) is 97.5 Å². The fraction of sp³-hybridized carbons (Fsp3) is 0.607. The van der Waals surface area contributed by atoms with Gasteiger partial charge in [0, 0.05) is 10.8 Å². The Balaban J connectivity index is 1.32. The Labute approximate surface area is 413 Å². The fourth-order valence-electron chi connectivity index (χ4n) is 9.42. The third-order valence-electron chi connectivity index (χ3n) is 14.0. The highest BCUT2D eigenvalue weighted by Crippen LogP contribution is 2.40. The van der Waals surface area contributed by atoms with Gasteiger partial charge in [0.1, 0.15) is 55.0 Å². The molecule has 0 heterocycles. The Morgan fingerprint density at radius 2 is 0.676 bits per heavy atom. The van der Waals surface area contributed by atoms with Crippen LogP contribution in [-0.4, -0.2) is 60.1 Å². The molecule has 0 aliphatic rings. The van der Waals surface area contributed by atoms with Crippen LogP contribution in [0.4, 0.5) is 0 Å². The van der Waals surface area contributed by atoms with E-state index in [4.69, 9.17) is 18.9 Å². The zero-order valence-corrected chi connectivity index (χ0v) is 43.3. The molecule has 0 bridgehead atoms. The Hall–Kier alpha value is -4.04. The van der Waals surface area contributed by atoms with E-state index < -0.39 is 12.2 Å². The van der Waals surface area contributed by atoms with Gasteiger partial charge in [-0.2, -0.15) is 0 Å². The van der Waals surface area contributed by atoms with Gasteiger partial charge in [-0.1, -0.05) is 205 Å². The molecule has 7 nitrogen and oxygen atoms in total. The molecule has 7 heteroatoms. The van der Waals surface area contributed by atoms with Crippen molar-refractivity contribution in [3.63, 3.8) is 0 Å². The molecule has 3 N–H and O–H groups in total. The number of aliphatic hydroxyl groups excluding tert-OH is 3. The lowest BCUT2D eigenvalue weighted by Crippen LogP contribution is -2.26. The Bertz CT molecular complexity index is 1860. The zero-order chi connectivity index (χ0) is 48.9. The van der Waals surface area contributed by atoms with Gasteiger partial charge in [0.25, 0.3) is 0 Å². The maximum absolute atomic E-state index is 11.0. The standard InChI is InChI=1S/C61H92O7/c1-7-9-11-13-15-17-19-21-23-25-43-60(5,51-27-35-56(36-28-51)65-46-49(3)63)52-29-37-57(38-30-52)66-47-55(64)48-67-58-39-31-53(32-40-58)61(6,44-26-24-22-20-18-16-14-12-10-8-2)54-33-41-59(42-34-54)68-50(4)45-62/h27-42,49-50,55,62-64H,7-26,43-48H2,1-6H3. The minimum atomic E-state index is -0.804. The van der Waals surface area contributed by atoms with E-state index in [9.17, 15) is 15.3 Å². The first-order valence-corrected chi connectivity index (χ1v) is 26.9. The molecule has 0 saturated heterocycles. The molecule has 0 aliphatic heterocycles. The molecule has 4 rings (SSSR count). The van der Waals surface area contributed by atoms with Gasteiger partial charge in [-0.15, -0.1) is 0 Å². The van der Waals surface area contributed by atoms with Crippen molar-refractivity contribution >= 4 is 0 Å². The van der Waals surface area contributed by atoms with E-state index in [1.54, 1.807) is 6.92 Å². The highest BCUT2D eigenvalue weighted by molar-refractivity contribution is 5.44. The maximum Gasteiger partial charge on any atom is 0.122 e. The third kappa shape index (κ3) is 20.1. The first-order chi connectivity index (χ1) is 33.0. The second kappa shape index (κ2) is 32.0. The summed E-state index contributed by atoms with van der Waals surface area (Å²) in [6, 6.07) is 33.4. The molecule has 378 valence electrons. The summed E-state index contributed by atoms with van der Waals surface area (Å²) >= 11 is 0. The number of unbranched alkanes of at least 4 members (excludes halogenated alkanes) is 18.